The minimum Gasteiger partial charge on any atom is -0.450 e. The van der Waals surface area contributed by atoms with Gasteiger partial charge in [0.15, 0.2) is 5.43 Å². The highest BCUT2D eigenvalue weighted by Gasteiger charge is 2.42. The number of hydrogen-bond donors (Lipinski definition) is 0. The van der Waals surface area contributed by atoms with E-state index in [1.54, 1.807) is 23.1 Å². The second-order valence-corrected chi connectivity index (χ2v) is 7.44. The highest BCUT2D eigenvalue weighted by molar-refractivity contribution is 5.99. The van der Waals surface area contributed by atoms with E-state index in [9.17, 15) is 14.0 Å². The summed E-state index contributed by atoms with van der Waals surface area (Å²) in [5.74, 6) is -0.531. The van der Waals surface area contributed by atoms with Gasteiger partial charge < -0.3 is 9.32 Å². The first-order valence-electron chi connectivity index (χ1n) is 9.56. The van der Waals surface area contributed by atoms with Crippen molar-refractivity contribution in [3.63, 3.8) is 0 Å². The minimum atomic E-state index is -0.559. The Hall–Kier alpha value is -2.95. The molecule has 4 nitrogen and oxygen atoms in total. The molecule has 1 aromatic heterocycles. The van der Waals surface area contributed by atoms with Crippen molar-refractivity contribution in [1.82, 2.24) is 4.90 Å². The number of carbonyl (C=O) groups is 1. The van der Waals surface area contributed by atoms with Crippen molar-refractivity contribution in [2.24, 2.45) is 0 Å². The van der Waals surface area contributed by atoms with E-state index in [1.807, 2.05) is 26.8 Å². The molecular weight excluding hydrogens is 357 g/mol. The van der Waals surface area contributed by atoms with Gasteiger partial charge in [0.1, 0.15) is 11.4 Å². The van der Waals surface area contributed by atoms with Crippen LogP contribution in [0, 0.1) is 19.7 Å². The van der Waals surface area contributed by atoms with E-state index >= 15 is 0 Å². The van der Waals surface area contributed by atoms with Crippen LogP contribution in [0.15, 0.2) is 45.6 Å². The molecule has 0 bridgehead atoms. The number of unbranched alkanes of at least 4 members (excludes halogenated alkanes) is 1. The van der Waals surface area contributed by atoms with E-state index in [0.29, 0.717) is 28.6 Å². The Kier molecular flexibility index (Phi) is 4.53. The van der Waals surface area contributed by atoms with Crippen molar-refractivity contribution < 1.29 is 13.6 Å². The fraction of sp³-hybridized carbons (Fsp3) is 0.304. The van der Waals surface area contributed by atoms with Crippen LogP contribution < -0.4 is 5.43 Å². The van der Waals surface area contributed by atoms with Crippen LogP contribution in [0.4, 0.5) is 4.39 Å². The van der Waals surface area contributed by atoms with Gasteiger partial charge in [0.2, 0.25) is 5.76 Å². The van der Waals surface area contributed by atoms with Crippen LogP contribution in [-0.2, 0) is 0 Å². The van der Waals surface area contributed by atoms with Gasteiger partial charge in [-0.3, -0.25) is 9.59 Å². The van der Waals surface area contributed by atoms with E-state index in [2.05, 4.69) is 0 Å². The zero-order valence-electron chi connectivity index (χ0n) is 16.2. The van der Waals surface area contributed by atoms with Gasteiger partial charge in [0.25, 0.3) is 5.91 Å². The van der Waals surface area contributed by atoms with Crippen molar-refractivity contribution in [2.75, 3.05) is 6.54 Å². The summed E-state index contributed by atoms with van der Waals surface area (Å²) < 4.78 is 19.5. The van der Waals surface area contributed by atoms with Gasteiger partial charge in [-0.1, -0.05) is 31.5 Å². The number of hydrogen-bond acceptors (Lipinski definition) is 3. The first-order chi connectivity index (χ1) is 13.4. The predicted molar refractivity (Wildman–Crippen MR) is 106 cm³/mol. The summed E-state index contributed by atoms with van der Waals surface area (Å²) in [5.41, 5.74) is 3.12. The standard InChI is InChI=1S/C23H22FNO3/c1-4-5-10-25-19(15-6-8-16(24)9-7-15)18-20(26)17-12-13(2)11-14(3)21(17)28-22(18)23(25)27/h6-9,11-12,19H,4-5,10H2,1-3H3. The quantitative estimate of drug-likeness (QED) is 0.648. The Labute approximate surface area is 162 Å². The molecule has 0 saturated carbocycles. The zero-order chi connectivity index (χ0) is 20.0. The van der Waals surface area contributed by atoms with E-state index in [0.717, 1.165) is 24.0 Å². The van der Waals surface area contributed by atoms with Crippen molar-refractivity contribution in [3.8, 4) is 0 Å². The van der Waals surface area contributed by atoms with Gasteiger partial charge >= 0.3 is 0 Å². The Bertz CT molecular complexity index is 1130. The molecule has 1 atom stereocenters. The maximum Gasteiger partial charge on any atom is 0.290 e. The lowest BCUT2D eigenvalue weighted by Gasteiger charge is -2.25. The second-order valence-electron chi connectivity index (χ2n) is 7.44. The molecule has 1 amide bonds. The number of carbonyl (C=O) groups excluding carboxylic acids is 1. The maximum absolute atomic E-state index is 13.5. The van der Waals surface area contributed by atoms with Crippen LogP contribution in [0.5, 0.6) is 0 Å². The molecule has 144 valence electrons. The molecule has 0 spiro atoms. The number of amides is 1. The van der Waals surface area contributed by atoms with E-state index in [-0.39, 0.29) is 22.9 Å². The van der Waals surface area contributed by atoms with Crippen LogP contribution in [0.3, 0.4) is 0 Å². The molecule has 0 fully saturated rings. The number of fused-ring (bicyclic) bond motifs is 2. The van der Waals surface area contributed by atoms with Gasteiger partial charge in [-0.05, 0) is 55.2 Å². The third-order valence-electron chi connectivity index (χ3n) is 5.34. The molecule has 2 heterocycles. The average molecular weight is 379 g/mol. The summed E-state index contributed by atoms with van der Waals surface area (Å²) >= 11 is 0. The van der Waals surface area contributed by atoms with Crippen LogP contribution in [0.25, 0.3) is 11.0 Å². The summed E-state index contributed by atoms with van der Waals surface area (Å²) in [6.07, 6.45) is 1.72. The highest BCUT2D eigenvalue weighted by Crippen LogP contribution is 2.38. The lowest BCUT2D eigenvalue weighted by Crippen LogP contribution is -2.30. The van der Waals surface area contributed by atoms with Crippen molar-refractivity contribution in [1.29, 1.82) is 0 Å². The molecule has 0 N–H and O–H groups in total. The number of rotatable bonds is 4. The van der Waals surface area contributed by atoms with Crippen molar-refractivity contribution >= 4 is 16.9 Å². The van der Waals surface area contributed by atoms with Crippen molar-refractivity contribution in [2.45, 2.75) is 39.7 Å². The molecule has 3 aromatic rings. The molecule has 0 radical (unpaired) electrons. The monoisotopic (exact) mass is 379 g/mol. The molecule has 4 rings (SSSR count). The van der Waals surface area contributed by atoms with Gasteiger partial charge in [-0.15, -0.1) is 0 Å². The molecular formula is C23H22FNO3. The third-order valence-corrected chi connectivity index (χ3v) is 5.34. The second kappa shape index (κ2) is 6.89. The largest absolute Gasteiger partial charge is 0.450 e. The van der Waals surface area contributed by atoms with Crippen LogP contribution >= 0.6 is 0 Å². The summed E-state index contributed by atoms with van der Waals surface area (Å²) in [6.45, 7) is 6.35. The number of benzene rings is 2. The first-order valence-corrected chi connectivity index (χ1v) is 9.56. The van der Waals surface area contributed by atoms with Crippen molar-refractivity contribution in [3.05, 3.63) is 80.5 Å². The number of aryl methyl sites for hydroxylation is 2. The lowest BCUT2D eigenvalue weighted by atomic mass is 9.97. The normalized spacial score (nSPS) is 16.1. The summed E-state index contributed by atoms with van der Waals surface area (Å²) in [5, 5.41) is 0.480. The zero-order valence-corrected chi connectivity index (χ0v) is 16.2. The van der Waals surface area contributed by atoms with Gasteiger partial charge in [-0.25, -0.2) is 4.39 Å². The number of halogens is 1. The van der Waals surface area contributed by atoms with Crippen LogP contribution in [-0.4, -0.2) is 17.4 Å². The smallest absolute Gasteiger partial charge is 0.290 e. The summed E-state index contributed by atoms with van der Waals surface area (Å²) in [7, 11) is 0. The lowest BCUT2D eigenvalue weighted by molar-refractivity contribution is 0.0725. The molecule has 1 aliphatic heterocycles. The van der Waals surface area contributed by atoms with E-state index in [4.69, 9.17) is 4.42 Å². The summed E-state index contributed by atoms with van der Waals surface area (Å²) in [4.78, 5) is 28.2. The molecule has 5 heteroatoms. The van der Waals surface area contributed by atoms with Crippen LogP contribution in [0.2, 0.25) is 0 Å². The van der Waals surface area contributed by atoms with E-state index < -0.39 is 6.04 Å². The fourth-order valence-electron chi connectivity index (χ4n) is 4.03. The Morgan fingerprint density at radius 2 is 1.82 bits per heavy atom. The minimum absolute atomic E-state index is 0.106. The van der Waals surface area contributed by atoms with Gasteiger partial charge in [-0.2, -0.15) is 0 Å². The molecule has 2 aromatic carbocycles. The van der Waals surface area contributed by atoms with Gasteiger partial charge in [0.05, 0.1) is 17.0 Å². The SMILES string of the molecule is CCCCN1C(=O)c2oc3c(C)cc(C)cc3c(=O)c2C1c1ccc(F)cc1. The Morgan fingerprint density at radius 1 is 1.11 bits per heavy atom. The topological polar surface area (TPSA) is 50.5 Å². The maximum atomic E-state index is 13.5. The molecule has 28 heavy (non-hydrogen) atoms. The Morgan fingerprint density at radius 3 is 2.50 bits per heavy atom. The first kappa shape index (κ1) is 18.4. The average Bonchev–Trinajstić information content (AvgIpc) is 2.94. The predicted octanol–water partition coefficient (Wildman–Crippen LogP) is 4.89. The molecule has 0 aliphatic carbocycles. The molecule has 0 saturated heterocycles. The van der Waals surface area contributed by atoms with Gasteiger partial charge in [0, 0.05) is 6.54 Å². The molecule has 1 aliphatic rings. The Balaban J connectivity index is 2.00. The fourth-order valence-corrected chi connectivity index (χ4v) is 4.03. The summed E-state index contributed by atoms with van der Waals surface area (Å²) in [6, 6.07) is 9.15. The number of nitrogens with zero attached hydrogens (tertiary/aromatic N) is 1. The highest BCUT2D eigenvalue weighted by atomic mass is 19.1. The third kappa shape index (κ3) is 2.82. The molecule has 1 unspecified atom stereocenters. The van der Waals surface area contributed by atoms with E-state index in [1.165, 1.54) is 12.1 Å². The van der Waals surface area contributed by atoms with Crippen LogP contribution in [0.1, 0.15) is 58.6 Å².